The van der Waals surface area contributed by atoms with Crippen molar-refractivity contribution in [1.82, 2.24) is 0 Å². The highest BCUT2D eigenvalue weighted by Crippen LogP contribution is 2.44. The fourth-order valence-corrected chi connectivity index (χ4v) is 9.37. The lowest BCUT2D eigenvalue weighted by Crippen LogP contribution is -2.11. The summed E-state index contributed by atoms with van der Waals surface area (Å²) < 4.78 is 9.07. The number of nitrogens with zero attached hydrogens (tertiary/aromatic N) is 1. The van der Waals surface area contributed by atoms with Gasteiger partial charge in [-0.25, -0.2) is 0 Å². The van der Waals surface area contributed by atoms with Gasteiger partial charge in [0.2, 0.25) is 0 Å². The third-order valence-corrected chi connectivity index (χ3v) is 12.0. The second-order valence-electron chi connectivity index (χ2n) is 14.1. The summed E-state index contributed by atoms with van der Waals surface area (Å²) in [6.45, 7) is 0. The molecule has 3 heteroatoms. The number of benzene rings is 9. The number of thiophene rings is 1. The Morgan fingerprint density at radius 1 is 0.382 bits per heavy atom. The van der Waals surface area contributed by atoms with Crippen molar-refractivity contribution in [2.45, 2.75) is 0 Å². The van der Waals surface area contributed by atoms with Crippen LogP contribution >= 0.6 is 11.3 Å². The first kappa shape index (κ1) is 31.6. The minimum atomic E-state index is 0.908. The van der Waals surface area contributed by atoms with E-state index in [2.05, 4.69) is 193 Å². The standard InChI is InChI=1S/C52H33NOS/c1-2-11-35(12-3-1)41-13-4-7-18-47(41)53(40-30-25-36(26-31-40)42-16-10-17-44-43-14-5-8-19-48(43)54-52(42)44)39-28-23-34(24-29-39)38-22-21-37-27-32-50-51(46(37)33-38)45-15-6-9-20-49(45)55-50/h1-33H. The summed E-state index contributed by atoms with van der Waals surface area (Å²) in [5, 5.41) is 7.51. The highest BCUT2D eigenvalue weighted by molar-refractivity contribution is 7.26. The van der Waals surface area contributed by atoms with Gasteiger partial charge in [0.05, 0.1) is 5.69 Å². The molecule has 0 radical (unpaired) electrons. The van der Waals surface area contributed by atoms with Crippen molar-refractivity contribution >= 4 is 81.3 Å². The van der Waals surface area contributed by atoms with Gasteiger partial charge in [0.15, 0.2) is 0 Å². The number of hydrogen-bond donors (Lipinski definition) is 0. The van der Waals surface area contributed by atoms with Gasteiger partial charge in [-0.05, 0) is 87.6 Å². The summed E-state index contributed by atoms with van der Waals surface area (Å²) in [6.07, 6.45) is 0. The molecule has 0 unspecified atom stereocenters. The molecule has 0 saturated heterocycles. The van der Waals surface area contributed by atoms with Gasteiger partial charge < -0.3 is 9.32 Å². The van der Waals surface area contributed by atoms with Crippen molar-refractivity contribution in [3.63, 3.8) is 0 Å². The van der Waals surface area contributed by atoms with Crippen LogP contribution in [0.1, 0.15) is 0 Å². The molecule has 0 saturated carbocycles. The second-order valence-corrected chi connectivity index (χ2v) is 15.1. The molecule has 0 aliphatic rings. The van der Waals surface area contributed by atoms with Gasteiger partial charge >= 0.3 is 0 Å². The molecule has 55 heavy (non-hydrogen) atoms. The van der Waals surface area contributed by atoms with Crippen LogP contribution in [0.15, 0.2) is 205 Å². The van der Waals surface area contributed by atoms with Crippen LogP contribution in [0.2, 0.25) is 0 Å². The summed E-state index contributed by atoms with van der Waals surface area (Å²) in [7, 11) is 0. The molecule has 0 amide bonds. The zero-order valence-electron chi connectivity index (χ0n) is 29.8. The zero-order valence-corrected chi connectivity index (χ0v) is 30.6. The molecule has 2 nitrogen and oxygen atoms in total. The normalized spacial score (nSPS) is 11.6. The Hall–Kier alpha value is -6.94. The van der Waals surface area contributed by atoms with E-state index in [1.165, 1.54) is 53.2 Å². The molecule has 0 aliphatic carbocycles. The van der Waals surface area contributed by atoms with Crippen LogP contribution in [0.3, 0.4) is 0 Å². The van der Waals surface area contributed by atoms with Crippen LogP contribution in [0.4, 0.5) is 17.1 Å². The van der Waals surface area contributed by atoms with Crippen LogP contribution in [-0.4, -0.2) is 0 Å². The van der Waals surface area contributed by atoms with Crippen LogP contribution in [0.5, 0.6) is 0 Å². The van der Waals surface area contributed by atoms with Gasteiger partial charge in [-0.3, -0.25) is 0 Å². The fraction of sp³-hybridized carbons (Fsp3) is 0. The molecule has 2 heterocycles. The highest BCUT2D eigenvalue weighted by Gasteiger charge is 2.19. The van der Waals surface area contributed by atoms with Crippen molar-refractivity contribution in [3.8, 4) is 33.4 Å². The molecule has 2 aromatic heterocycles. The average molecular weight is 720 g/mol. The smallest absolute Gasteiger partial charge is 0.143 e. The molecule has 11 rings (SSSR count). The number of furan rings is 1. The third kappa shape index (κ3) is 5.32. The Bertz CT molecular complexity index is 3190. The maximum absolute atomic E-state index is 6.42. The molecule has 0 spiro atoms. The average Bonchev–Trinajstić information content (AvgIpc) is 3.84. The molecule has 0 aliphatic heterocycles. The lowest BCUT2D eigenvalue weighted by Gasteiger charge is -2.28. The van der Waals surface area contributed by atoms with Crippen LogP contribution in [0.25, 0.3) is 86.3 Å². The fourth-order valence-electron chi connectivity index (χ4n) is 8.25. The number of hydrogen-bond acceptors (Lipinski definition) is 3. The van der Waals surface area contributed by atoms with Crippen molar-refractivity contribution < 1.29 is 4.42 Å². The molecule has 11 aromatic rings. The molecule has 0 bridgehead atoms. The van der Waals surface area contributed by atoms with Gasteiger partial charge in [0, 0.05) is 53.4 Å². The van der Waals surface area contributed by atoms with E-state index in [9.17, 15) is 0 Å². The van der Waals surface area contributed by atoms with E-state index >= 15 is 0 Å². The summed E-state index contributed by atoms with van der Waals surface area (Å²) >= 11 is 1.87. The highest BCUT2D eigenvalue weighted by atomic mass is 32.1. The molecular formula is C52H33NOS. The monoisotopic (exact) mass is 719 g/mol. The van der Waals surface area contributed by atoms with Crippen molar-refractivity contribution in [2.75, 3.05) is 4.90 Å². The number of anilines is 3. The first-order valence-electron chi connectivity index (χ1n) is 18.7. The molecule has 258 valence electrons. The lowest BCUT2D eigenvalue weighted by molar-refractivity contribution is 0.670. The topological polar surface area (TPSA) is 16.4 Å². The molecular weight excluding hydrogens is 687 g/mol. The largest absolute Gasteiger partial charge is 0.455 e. The Labute approximate surface area is 322 Å². The van der Waals surface area contributed by atoms with E-state index in [-0.39, 0.29) is 0 Å². The van der Waals surface area contributed by atoms with E-state index in [0.29, 0.717) is 0 Å². The van der Waals surface area contributed by atoms with E-state index in [1.54, 1.807) is 0 Å². The van der Waals surface area contributed by atoms with Gasteiger partial charge in [-0.2, -0.15) is 0 Å². The Kier molecular flexibility index (Phi) is 7.39. The first-order chi connectivity index (χ1) is 27.3. The SMILES string of the molecule is c1ccc(-c2ccccc2N(c2ccc(-c3ccc4ccc5sc6ccccc6c5c4c3)cc2)c2ccc(-c3cccc4c3oc3ccccc34)cc2)cc1. The van der Waals surface area contributed by atoms with Crippen molar-refractivity contribution in [1.29, 1.82) is 0 Å². The number of rotatable bonds is 6. The Balaban J connectivity index is 1.02. The molecule has 0 N–H and O–H groups in total. The van der Waals surface area contributed by atoms with E-state index in [0.717, 1.165) is 50.1 Å². The van der Waals surface area contributed by atoms with Gasteiger partial charge in [-0.15, -0.1) is 11.3 Å². The number of para-hydroxylation sites is 3. The van der Waals surface area contributed by atoms with E-state index in [1.807, 2.05) is 23.5 Å². The van der Waals surface area contributed by atoms with Gasteiger partial charge in [0.25, 0.3) is 0 Å². The van der Waals surface area contributed by atoms with Gasteiger partial charge in [0.1, 0.15) is 11.2 Å². The Morgan fingerprint density at radius 2 is 1.00 bits per heavy atom. The predicted octanol–water partition coefficient (Wildman–Crippen LogP) is 15.6. The minimum Gasteiger partial charge on any atom is -0.455 e. The number of fused-ring (bicyclic) bond motifs is 8. The van der Waals surface area contributed by atoms with Crippen molar-refractivity contribution in [2.24, 2.45) is 0 Å². The summed E-state index contributed by atoms with van der Waals surface area (Å²) in [5.41, 5.74) is 12.1. The van der Waals surface area contributed by atoms with Gasteiger partial charge in [-0.1, -0.05) is 146 Å². The third-order valence-electron chi connectivity index (χ3n) is 10.9. The van der Waals surface area contributed by atoms with Crippen LogP contribution < -0.4 is 4.90 Å². The van der Waals surface area contributed by atoms with Crippen LogP contribution in [0, 0.1) is 0 Å². The molecule has 9 aromatic carbocycles. The van der Waals surface area contributed by atoms with E-state index in [4.69, 9.17) is 4.42 Å². The molecule has 0 atom stereocenters. The van der Waals surface area contributed by atoms with Crippen molar-refractivity contribution in [3.05, 3.63) is 200 Å². The maximum atomic E-state index is 6.42. The minimum absolute atomic E-state index is 0.908. The second kappa shape index (κ2) is 12.9. The Morgan fingerprint density at radius 3 is 1.84 bits per heavy atom. The van der Waals surface area contributed by atoms with E-state index < -0.39 is 0 Å². The summed E-state index contributed by atoms with van der Waals surface area (Å²) in [4.78, 5) is 2.37. The first-order valence-corrected chi connectivity index (χ1v) is 19.5. The zero-order chi connectivity index (χ0) is 36.3. The maximum Gasteiger partial charge on any atom is 0.143 e. The van der Waals surface area contributed by atoms with Crippen LogP contribution in [-0.2, 0) is 0 Å². The summed E-state index contributed by atoms with van der Waals surface area (Å²) in [6, 6.07) is 72.1. The predicted molar refractivity (Wildman–Crippen MR) is 235 cm³/mol. The lowest BCUT2D eigenvalue weighted by atomic mass is 9.97. The summed E-state index contributed by atoms with van der Waals surface area (Å²) in [5.74, 6) is 0. The molecule has 0 fully saturated rings. The quantitative estimate of drug-likeness (QED) is 0.170.